The third-order valence-corrected chi connectivity index (χ3v) is 3.85. The molecule has 3 rings (SSSR count). The van der Waals surface area contributed by atoms with Gasteiger partial charge in [0.2, 0.25) is 0 Å². The molecule has 1 saturated heterocycles. The first-order chi connectivity index (χ1) is 10.4. The van der Waals surface area contributed by atoms with E-state index in [1.54, 1.807) is 0 Å². The van der Waals surface area contributed by atoms with Crippen LogP contribution in [0.3, 0.4) is 0 Å². The molecule has 1 N–H and O–H groups in total. The number of hydrogen-bond acceptors (Lipinski definition) is 3. The molecular formula is C18H21NO2. The van der Waals surface area contributed by atoms with Gasteiger partial charge in [-0.1, -0.05) is 30.3 Å². The van der Waals surface area contributed by atoms with Crippen molar-refractivity contribution < 1.29 is 9.47 Å². The molecule has 0 bridgehead atoms. The first-order valence-electron chi connectivity index (χ1n) is 7.46. The molecule has 110 valence electrons. The number of benzene rings is 2. The Labute approximate surface area is 125 Å². The Kier molecular flexibility index (Phi) is 4.53. The van der Waals surface area contributed by atoms with Gasteiger partial charge in [0.1, 0.15) is 11.5 Å². The van der Waals surface area contributed by atoms with Crippen LogP contribution in [0.15, 0.2) is 54.6 Å². The third kappa shape index (κ3) is 3.43. The minimum Gasteiger partial charge on any atom is -0.457 e. The van der Waals surface area contributed by atoms with Crippen LogP contribution in [0.1, 0.15) is 18.1 Å². The molecule has 0 radical (unpaired) electrons. The summed E-state index contributed by atoms with van der Waals surface area (Å²) in [6.07, 6.45) is 1.27. The van der Waals surface area contributed by atoms with Crippen LogP contribution in [-0.2, 0) is 4.74 Å². The molecule has 0 amide bonds. The van der Waals surface area contributed by atoms with Gasteiger partial charge < -0.3 is 14.8 Å². The number of ether oxygens (including phenoxy) is 2. The van der Waals surface area contributed by atoms with Gasteiger partial charge in [-0.05, 0) is 43.3 Å². The lowest BCUT2D eigenvalue weighted by Gasteiger charge is -2.19. The normalized spacial score (nSPS) is 21.4. The zero-order valence-electron chi connectivity index (χ0n) is 12.3. The SMILES string of the molecule is CNCC1CCOC1c1cccc(Oc2ccccc2)c1. The van der Waals surface area contributed by atoms with Crippen molar-refractivity contribution in [2.45, 2.75) is 12.5 Å². The predicted molar refractivity (Wildman–Crippen MR) is 83.7 cm³/mol. The summed E-state index contributed by atoms with van der Waals surface area (Å²) in [6, 6.07) is 18.1. The van der Waals surface area contributed by atoms with Crippen LogP contribution in [0.2, 0.25) is 0 Å². The largest absolute Gasteiger partial charge is 0.457 e. The van der Waals surface area contributed by atoms with Crippen LogP contribution in [-0.4, -0.2) is 20.2 Å². The van der Waals surface area contributed by atoms with Crippen molar-refractivity contribution in [2.24, 2.45) is 5.92 Å². The van der Waals surface area contributed by atoms with E-state index < -0.39 is 0 Å². The zero-order valence-corrected chi connectivity index (χ0v) is 12.3. The molecule has 1 fully saturated rings. The van der Waals surface area contributed by atoms with Crippen molar-refractivity contribution in [3.05, 3.63) is 60.2 Å². The van der Waals surface area contributed by atoms with E-state index in [4.69, 9.17) is 9.47 Å². The molecule has 0 spiro atoms. The van der Waals surface area contributed by atoms with Crippen LogP contribution in [0.25, 0.3) is 0 Å². The Balaban J connectivity index is 1.77. The number of rotatable bonds is 5. The second kappa shape index (κ2) is 6.74. The maximum atomic E-state index is 5.91. The summed E-state index contributed by atoms with van der Waals surface area (Å²) in [5.41, 5.74) is 1.20. The molecule has 0 saturated carbocycles. The second-order valence-electron chi connectivity index (χ2n) is 5.39. The Morgan fingerprint density at radius 3 is 2.71 bits per heavy atom. The highest BCUT2D eigenvalue weighted by Crippen LogP contribution is 2.36. The Hall–Kier alpha value is -1.84. The number of para-hydroxylation sites is 1. The lowest BCUT2D eigenvalue weighted by atomic mass is 9.95. The Bertz CT molecular complexity index is 570. The quantitative estimate of drug-likeness (QED) is 0.906. The van der Waals surface area contributed by atoms with E-state index in [0.717, 1.165) is 31.1 Å². The van der Waals surface area contributed by atoms with Crippen molar-refractivity contribution in [1.82, 2.24) is 5.32 Å². The summed E-state index contributed by atoms with van der Waals surface area (Å²) in [4.78, 5) is 0. The molecule has 0 aliphatic carbocycles. The van der Waals surface area contributed by atoms with Crippen LogP contribution in [0.5, 0.6) is 11.5 Å². The highest BCUT2D eigenvalue weighted by molar-refractivity contribution is 5.35. The fraction of sp³-hybridized carbons (Fsp3) is 0.333. The topological polar surface area (TPSA) is 30.5 Å². The molecule has 1 aliphatic heterocycles. The number of nitrogens with one attached hydrogen (secondary N) is 1. The van der Waals surface area contributed by atoms with Crippen LogP contribution < -0.4 is 10.1 Å². The Morgan fingerprint density at radius 1 is 1.10 bits per heavy atom. The van der Waals surface area contributed by atoms with Gasteiger partial charge in [0.15, 0.2) is 0 Å². The lowest BCUT2D eigenvalue weighted by Crippen LogP contribution is -2.21. The maximum Gasteiger partial charge on any atom is 0.127 e. The van der Waals surface area contributed by atoms with E-state index in [2.05, 4.69) is 17.4 Å². The van der Waals surface area contributed by atoms with Crippen molar-refractivity contribution in [3.8, 4) is 11.5 Å². The summed E-state index contributed by atoms with van der Waals surface area (Å²) in [5, 5.41) is 3.25. The standard InChI is InChI=1S/C18H21NO2/c1-19-13-15-10-11-20-18(15)14-6-5-9-17(12-14)21-16-7-3-2-4-8-16/h2-9,12,15,18-19H,10-11,13H2,1H3. The van der Waals surface area contributed by atoms with Gasteiger partial charge >= 0.3 is 0 Å². The first-order valence-corrected chi connectivity index (χ1v) is 7.46. The fourth-order valence-electron chi connectivity index (χ4n) is 2.85. The smallest absolute Gasteiger partial charge is 0.127 e. The van der Waals surface area contributed by atoms with E-state index in [-0.39, 0.29) is 6.10 Å². The van der Waals surface area contributed by atoms with Crippen LogP contribution >= 0.6 is 0 Å². The van der Waals surface area contributed by atoms with Crippen molar-refractivity contribution >= 4 is 0 Å². The van der Waals surface area contributed by atoms with Gasteiger partial charge in [-0.3, -0.25) is 0 Å². The Morgan fingerprint density at radius 2 is 1.90 bits per heavy atom. The van der Waals surface area contributed by atoms with E-state index in [9.17, 15) is 0 Å². The molecule has 0 aromatic heterocycles. The van der Waals surface area contributed by atoms with Gasteiger partial charge in [-0.25, -0.2) is 0 Å². The van der Waals surface area contributed by atoms with E-state index in [1.807, 2.05) is 49.5 Å². The number of hydrogen-bond donors (Lipinski definition) is 1. The van der Waals surface area contributed by atoms with Crippen molar-refractivity contribution in [1.29, 1.82) is 0 Å². The first kappa shape index (κ1) is 14.1. The minimum atomic E-state index is 0.164. The van der Waals surface area contributed by atoms with Crippen molar-refractivity contribution in [2.75, 3.05) is 20.2 Å². The highest BCUT2D eigenvalue weighted by Gasteiger charge is 2.29. The van der Waals surface area contributed by atoms with Gasteiger partial charge in [0.05, 0.1) is 6.10 Å². The maximum absolute atomic E-state index is 5.91. The minimum absolute atomic E-state index is 0.164. The second-order valence-corrected chi connectivity index (χ2v) is 5.39. The fourth-order valence-corrected chi connectivity index (χ4v) is 2.85. The lowest BCUT2D eigenvalue weighted by molar-refractivity contribution is 0.0908. The van der Waals surface area contributed by atoms with E-state index >= 15 is 0 Å². The van der Waals surface area contributed by atoms with Gasteiger partial charge in [-0.15, -0.1) is 0 Å². The van der Waals surface area contributed by atoms with Gasteiger partial charge in [-0.2, -0.15) is 0 Å². The third-order valence-electron chi connectivity index (χ3n) is 3.85. The molecule has 21 heavy (non-hydrogen) atoms. The summed E-state index contributed by atoms with van der Waals surface area (Å²) in [7, 11) is 1.99. The van der Waals surface area contributed by atoms with Crippen molar-refractivity contribution in [3.63, 3.8) is 0 Å². The molecule has 2 unspecified atom stereocenters. The molecule has 1 heterocycles. The van der Waals surface area contributed by atoms with Crippen LogP contribution in [0.4, 0.5) is 0 Å². The summed E-state index contributed by atoms with van der Waals surface area (Å²) < 4.78 is 11.8. The molecule has 2 aromatic rings. The summed E-state index contributed by atoms with van der Waals surface area (Å²) in [5.74, 6) is 2.24. The molecule has 1 aliphatic rings. The molecule has 3 heteroatoms. The zero-order chi connectivity index (χ0) is 14.5. The summed E-state index contributed by atoms with van der Waals surface area (Å²) in [6.45, 7) is 1.81. The molecule has 2 aromatic carbocycles. The van der Waals surface area contributed by atoms with Gasteiger partial charge in [0.25, 0.3) is 0 Å². The van der Waals surface area contributed by atoms with Gasteiger partial charge in [0, 0.05) is 19.1 Å². The molecular weight excluding hydrogens is 262 g/mol. The molecule has 2 atom stereocenters. The average molecular weight is 283 g/mol. The van der Waals surface area contributed by atoms with Crippen LogP contribution in [0, 0.1) is 5.92 Å². The molecule has 3 nitrogen and oxygen atoms in total. The monoisotopic (exact) mass is 283 g/mol. The van der Waals surface area contributed by atoms with E-state index in [0.29, 0.717) is 5.92 Å². The van der Waals surface area contributed by atoms with E-state index in [1.165, 1.54) is 5.56 Å². The average Bonchev–Trinajstić information content (AvgIpc) is 2.97. The summed E-state index contributed by atoms with van der Waals surface area (Å²) >= 11 is 0. The predicted octanol–water partition coefficient (Wildman–Crippen LogP) is 3.78. The highest BCUT2D eigenvalue weighted by atomic mass is 16.5.